The fourth-order valence-corrected chi connectivity index (χ4v) is 3.85. The summed E-state index contributed by atoms with van der Waals surface area (Å²) >= 11 is 0. The van der Waals surface area contributed by atoms with Gasteiger partial charge in [-0.05, 0) is 37.1 Å². The van der Waals surface area contributed by atoms with Crippen LogP contribution in [0.5, 0.6) is 0 Å². The largest absolute Gasteiger partial charge is 0.352 e. The van der Waals surface area contributed by atoms with Crippen LogP contribution >= 0.6 is 0 Å². The molecule has 30 heavy (non-hydrogen) atoms. The first-order valence-corrected chi connectivity index (χ1v) is 9.79. The second-order valence-corrected chi connectivity index (χ2v) is 7.36. The first-order valence-electron chi connectivity index (χ1n) is 9.79. The molecule has 1 fully saturated rings. The van der Waals surface area contributed by atoms with Crippen LogP contribution in [0, 0.1) is 18.4 Å². The van der Waals surface area contributed by atoms with Crippen LogP contribution in [0.4, 0.5) is 15.9 Å². The molecule has 2 aromatic heterocycles. The molecule has 0 aliphatic carbocycles. The fraction of sp³-hybridized carbons (Fsp3) is 0.333. The summed E-state index contributed by atoms with van der Waals surface area (Å²) in [6.07, 6.45) is 5.49. The third-order valence-electron chi connectivity index (χ3n) is 5.31. The van der Waals surface area contributed by atoms with Gasteiger partial charge in [0, 0.05) is 31.9 Å². The molecule has 8 nitrogen and oxygen atoms in total. The average Bonchev–Trinajstić information content (AvgIpc) is 3.15. The van der Waals surface area contributed by atoms with Gasteiger partial charge in [0.2, 0.25) is 5.96 Å². The summed E-state index contributed by atoms with van der Waals surface area (Å²) in [6, 6.07) is 7.03. The van der Waals surface area contributed by atoms with E-state index in [1.165, 1.54) is 0 Å². The minimum absolute atomic E-state index is 0.0759. The monoisotopic (exact) mass is 406 g/mol. The number of aromatic nitrogens is 3. The molecule has 1 atom stereocenters. The number of benzene rings is 1. The highest BCUT2D eigenvalue weighted by molar-refractivity contribution is 5.91. The Balaban J connectivity index is 1.58. The molecule has 1 aliphatic heterocycles. The van der Waals surface area contributed by atoms with Gasteiger partial charge >= 0.3 is 0 Å². The molecule has 154 valence electrons. The highest BCUT2D eigenvalue weighted by atomic mass is 19.1. The van der Waals surface area contributed by atoms with E-state index in [0.29, 0.717) is 30.3 Å². The minimum atomic E-state index is -0.550. The number of piperazine rings is 1. The molecule has 0 amide bonds. The number of alkyl halides is 1. The Hall–Kier alpha value is -3.67. The number of guanidine groups is 1. The molecule has 9 heteroatoms. The molecule has 3 heterocycles. The number of aryl methyl sites for hydroxylation is 1. The van der Waals surface area contributed by atoms with Crippen molar-refractivity contribution in [2.75, 3.05) is 24.5 Å². The van der Waals surface area contributed by atoms with Gasteiger partial charge in [0.25, 0.3) is 0 Å². The summed E-state index contributed by atoms with van der Waals surface area (Å²) < 4.78 is 13.0. The van der Waals surface area contributed by atoms with E-state index in [1.54, 1.807) is 30.6 Å². The number of rotatable bonds is 3. The van der Waals surface area contributed by atoms with Crippen LogP contribution in [0.25, 0.3) is 11.0 Å². The van der Waals surface area contributed by atoms with E-state index in [1.807, 2.05) is 19.3 Å². The third-order valence-corrected chi connectivity index (χ3v) is 5.31. The summed E-state index contributed by atoms with van der Waals surface area (Å²) in [4.78, 5) is 20.9. The second kappa shape index (κ2) is 8.37. The Morgan fingerprint density at radius 2 is 2.27 bits per heavy atom. The quantitative estimate of drug-likeness (QED) is 0.300. The van der Waals surface area contributed by atoms with Gasteiger partial charge in [-0.25, -0.2) is 19.4 Å². The minimum Gasteiger partial charge on any atom is -0.352 e. The van der Waals surface area contributed by atoms with Crippen molar-refractivity contribution >= 4 is 28.5 Å². The number of anilines is 1. The Bertz CT molecular complexity index is 1120. The van der Waals surface area contributed by atoms with Gasteiger partial charge in [0.15, 0.2) is 6.19 Å². The lowest BCUT2D eigenvalue weighted by atomic mass is 10.1. The van der Waals surface area contributed by atoms with E-state index < -0.39 is 6.67 Å². The van der Waals surface area contributed by atoms with Crippen LogP contribution in [-0.2, 0) is 6.67 Å². The zero-order chi connectivity index (χ0) is 21.1. The highest BCUT2D eigenvalue weighted by Crippen LogP contribution is 2.27. The van der Waals surface area contributed by atoms with Crippen molar-refractivity contribution in [3.63, 3.8) is 0 Å². The first kappa shape index (κ1) is 19.6. The summed E-state index contributed by atoms with van der Waals surface area (Å²) in [5.41, 5.74) is 3.10. The number of nitrogens with zero attached hydrogens (tertiary/aromatic N) is 6. The van der Waals surface area contributed by atoms with Crippen molar-refractivity contribution in [3.05, 3.63) is 47.9 Å². The molecular formula is C21H23FN8. The number of hydrogen-bond acceptors (Lipinski definition) is 5. The van der Waals surface area contributed by atoms with Crippen LogP contribution in [-0.4, -0.2) is 51.5 Å². The maximum atomic E-state index is 13.0. The van der Waals surface area contributed by atoms with Crippen molar-refractivity contribution < 1.29 is 4.39 Å². The summed E-state index contributed by atoms with van der Waals surface area (Å²) in [7, 11) is 0. The van der Waals surface area contributed by atoms with Gasteiger partial charge in [-0.2, -0.15) is 5.26 Å². The maximum Gasteiger partial charge on any atom is 0.212 e. The molecular weight excluding hydrogens is 383 g/mol. The number of nitrogens with one attached hydrogen (secondary N) is 2. The number of halogens is 1. The molecule has 3 aromatic rings. The molecule has 1 aromatic carbocycles. The average molecular weight is 406 g/mol. The molecule has 0 radical (unpaired) electrons. The zero-order valence-corrected chi connectivity index (χ0v) is 16.9. The van der Waals surface area contributed by atoms with E-state index in [-0.39, 0.29) is 6.04 Å². The lowest BCUT2D eigenvalue weighted by Crippen LogP contribution is -2.56. The van der Waals surface area contributed by atoms with Gasteiger partial charge in [-0.1, -0.05) is 12.1 Å². The van der Waals surface area contributed by atoms with Gasteiger partial charge < -0.3 is 14.8 Å². The normalized spacial score (nSPS) is 17.3. The second-order valence-electron chi connectivity index (χ2n) is 7.36. The van der Waals surface area contributed by atoms with E-state index in [0.717, 1.165) is 29.0 Å². The van der Waals surface area contributed by atoms with E-state index >= 15 is 0 Å². The van der Waals surface area contributed by atoms with Crippen molar-refractivity contribution in [2.45, 2.75) is 26.6 Å². The molecule has 0 bridgehead atoms. The van der Waals surface area contributed by atoms with Crippen molar-refractivity contribution in [1.29, 1.82) is 5.26 Å². The van der Waals surface area contributed by atoms with Gasteiger partial charge in [-0.15, -0.1) is 0 Å². The smallest absolute Gasteiger partial charge is 0.212 e. The van der Waals surface area contributed by atoms with Gasteiger partial charge in [-0.3, -0.25) is 5.32 Å². The summed E-state index contributed by atoms with van der Waals surface area (Å²) in [6.45, 7) is 5.67. The fourth-order valence-electron chi connectivity index (χ4n) is 3.85. The van der Waals surface area contributed by atoms with E-state index in [2.05, 4.69) is 42.0 Å². The number of hydrogen-bond donors (Lipinski definition) is 2. The Morgan fingerprint density at radius 1 is 1.40 bits per heavy atom. The van der Waals surface area contributed by atoms with Gasteiger partial charge in [0.1, 0.15) is 24.5 Å². The van der Waals surface area contributed by atoms with Crippen LogP contribution in [0.3, 0.4) is 0 Å². The van der Waals surface area contributed by atoms with Crippen molar-refractivity contribution in [3.8, 4) is 6.19 Å². The maximum absolute atomic E-state index is 13.0. The van der Waals surface area contributed by atoms with Crippen LogP contribution in [0.2, 0.25) is 0 Å². The standard InChI is InChI=1S/C21H23FN8/c1-14-10-24-19-18(14)20(27-13-26-19)29-6-7-30(15(2)11-29)21(25-12-23)28-17-5-3-4-16(8-17)9-22/h3-5,8,10,13,15H,6-7,9,11H2,1-2H3,(H,25,28)(H,24,26,27)/t15-/m0/s1. The lowest BCUT2D eigenvalue weighted by Gasteiger charge is -2.41. The SMILES string of the molecule is Cc1c[nH]c2ncnc(N3CCN(C(=Nc4cccc(CF)c4)NC#N)[C@@H](C)C3)c12. The Labute approximate surface area is 174 Å². The molecule has 1 aliphatic rings. The number of nitriles is 1. The van der Waals surface area contributed by atoms with Crippen molar-refractivity contribution in [1.82, 2.24) is 25.2 Å². The zero-order valence-electron chi connectivity index (χ0n) is 16.9. The van der Waals surface area contributed by atoms with E-state index in [4.69, 9.17) is 0 Å². The summed E-state index contributed by atoms with van der Waals surface area (Å²) in [5.74, 6) is 1.37. The molecule has 2 N–H and O–H groups in total. The van der Waals surface area contributed by atoms with Crippen LogP contribution in [0.15, 0.2) is 41.8 Å². The van der Waals surface area contributed by atoms with Crippen molar-refractivity contribution in [2.24, 2.45) is 4.99 Å². The number of aliphatic imine (C=N–C) groups is 1. The molecule has 0 unspecified atom stereocenters. The summed E-state index contributed by atoms with van der Waals surface area (Å²) in [5, 5.41) is 13.0. The van der Waals surface area contributed by atoms with Crippen LogP contribution in [0.1, 0.15) is 18.1 Å². The third kappa shape index (κ3) is 3.76. The molecule has 0 saturated carbocycles. The number of H-pyrrole nitrogens is 1. The Morgan fingerprint density at radius 3 is 3.03 bits per heavy atom. The van der Waals surface area contributed by atoms with E-state index in [9.17, 15) is 9.65 Å². The molecule has 4 rings (SSSR count). The lowest BCUT2D eigenvalue weighted by molar-refractivity contribution is 0.291. The molecule has 0 spiro atoms. The first-order chi connectivity index (χ1) is 14.6. The predicted molar refractivity (Wildman–Crippen MR) is 114 cm³/mol. The topological polar surface area (TPSA) is 96.2 Å². The van der Waals surface area contributed by atoms with Gasteiger partial charge in [0.05, 0.1) is 11.1 Å². The predicted octanol–water partition coefficient (Wildman–Crippen LogP) is 3.00. The number of fused-ring (bicyclic) bond motifs is 1. The molecule has 1 saturated heterocycles. The number of aromatic amines is 1. The highest BCUT2D eigenvalue weighted by Gasteiger charge is 2.28. The Kier molecular flexibility index (Phi) is 5.48. The van der Waals surface area contributed by atoms with Crippen LogP contribution < -0.4 is 10.2 Å².